The zero-order valence-corrected chi connectivity index (χ0v) is 15.0. The van der Waals surface area contributed by atoms with Crippen molar-refractivity contribution < 1.29 is 4.79 Å². The Morgan fingerprint density at radius 3 is 2.59 bits per heavy atom. The number of rotatable bonds is 0. The number of hydrogen-bond acceptors (Lipinski definition) is 1. The summed E-state index contributed by atoms with van der Waals surface area (Å²) in [7, 11) is 0. The molecule has 5 aliphatic carbocycles. The Balaban J connectivity index is 1.73. The van der Waals surface area contributed by atoms with Crippen molar-refractivity contribution >= 4 is 5.78 Å². The molecule has 1 nitrogen and oxygen atoms in total. The van der Waals surface area contributed by atoms with Crippen LogP contribution in [-0.2, 0) is 4.79 Å². The van der Waals surface area contributed by atoms with Crippen molar-refractivity contribution in [2.24, 2.45) is 46.3 Å². The first-order valence-corrected chi connectivity index (χ1v) is 9.85. The second-order valence-electron chi connectivity index (χ2n) is 10.2. The highest BCUT2D eigenvalue weighted by molar-refractivity contribution is 5.82. The van der Waals surface area contributed by atoms with Crippen molar-refractivity contribution in [3.8, 4) is 0 Å². The van der Waals surface area contributed by atoms with E-state index < -0.39 is 0 Å². The Bertz CT molecular complexity index is 478. The van der Waals surface area contributed by atoms with Crippen LogP contribution in [-0.4, -0.2) is 5.78 Å². The SMILES string of the molecule is CC1CC2C(=O)C[C@H]1C[C@H]1C2CCC2C(C)(C)CCC[C@@]21C. The third kappa shape index (κ3) is 1.99. The molecule has 124 valence electrons. The molecule has 5 saturated carbocycles. The van der Waals surface area contributed by atoms with Crippen LogP contribution >= 0.6 is 0 Å². The van der Waals surface area contributed by atoms with E-state index in [0.29, 0.717) is 28.4 Å². The van der Waals surface area contributed by atoms with Gasteiger partial charge in [-0.2, -0.15) is 0 Å². The first-order valence-electron chi connectivity index (χ1n) is 9.85. The van der Waals surface area contributed by atoms with Gasteiger partial charge in [-0.05, 0) is 78.9 Å². The minimum atomic E-state index is 0.418. The summed E-state index contributed by atoms with van der Waals surface area (Å²) in [6.07, 6.45) is 10.4. The Morgan fingerprint density at radius 2 is 1.82 bits per heavy atom. The van der Waals surface area contributed by atoms with Gasteiger partial charge >= 0.3 is 0 Å². The highest BCUT2D eigenvalue weighted by Gasteiger charge is 2.59. The molecule has 0 radical (unpaired) electrons. The molecule has 4 unspecified atom stereocenters. The first-order chi connectivity index (χ1) is 10.3. The topological polar surface area (TPSA) is 17.1 Å². The quantitative estimate of drug-likeness (QED) is 0.579. The van der Waals surface area contributed by atoms with Gasteiger partial charge in [-0.3, -0.25) is 4.79 Å². The maximum absolute atomic E-state index is 12.7. The highest BCUT2D eigenvalue weighted by Crippen LogP contribution is 2.65. The number of carbonyl (C=O) groups is 1. The molecule has 0 aromatic heterocycles. The summed E-state index contributed by atoms with van der Waals surface area (Å²) >= 11 is 0. The number of Topliss-reactive ketones (excluding diaryl/α,β-unsaturated/α-hetero) is 1. The smallest absolute Gasteiger partial charge is 0.136 e. The Hall–Kier alpha value is -0.330. The minimum Gasteiger partial charge on any atom is -0.299 e. The fourth-order valence-electron chi connectivity index (χ4n) is 7.70. The number of fused-ring (bicyclic) bond motifs is 3. The molecule has 5 aliphatic rings. The Kier molecular flexibility index (Phi) is 3.34. The van der Waals surface area contributed by atoms with E-state index in [4.69, 9.17) is 0 Å². The van der Waals surface area contributed by atoms with Gasteiger partial charge in [-0.25, -0.2) is 0 Å². The van der Waals surface area contributed by atoms with Gasteiger partial charge in [-0.15, -0.1) is 0 Å². The maximum atomic E-state index is 12.7. The van der Waals surface area contributed by atoms with Gasteiger partial charge in [0.2, 0.25) is 0 Å². The molecule has 0 aromatic rings. The summed E-state index contributed by atoms with van der Waals surface area (Å²) in [6, 6.07) is 0. The van der Waals surface area contributed by atoms with Crippen LogP contribution in [0.5, 0.6) is 0 Å². The molecular weight excluding hydrogens is 268 g/mol. The molecule has 2 bridgehead atoms. The van der Waals surface area contributed by atoms with E-state index >= 15 is 0 Å². The van der Waals surface area contributed by atoms with Crippen LogP contribution in [0.1, 0.15) is 79.1 Å². The largest absolute Gasteiger partial charge is 0.299 e. The summed E-state index contributed by atoms with van der Waals surface area (Å²) in [6.45, 7) is 10.1. The third-order valence-corrected chi connectivity index (χ3v) is 8.81. The summed E-state index contributed by atoms with van der Waals surface area (Å²) in [4.78, 5) is 12.7. The van der Waals surface area contributed by atoms with E-state index in [1.54, 1.807) is 0 Å². The lowest BCUT2D eigenvalue weighted by Crippen LogP contribution is -2.52. The van der Waals surface area contributed by atoms with Crippen molar-refractivity contribution in [1.29, 1.82) is 0 Å². The average molecular weight is 303 g/mol. The minimum absolute atomic E-state index is 0.418. The van der Waals surface area contributed by atoms with E-state index in [-0.39, 0.29) is 0 Å². The molecule has 5 rings (SSSR count). The summed E-state index contributed by atoms with van der Waals surface area (Å²) < 4.78 is 0. The molecule has 1 heteroatoms. The average Bonchev–Trinajstić information content (AvgIpc) is 2.65. The fourth-order valence-corrected chi connectivity index (χ4v) is 7.70. The van der Waals surface area contributed by atoms with E-state index in [1.165, 1.54) is 44.9 Å². The van der Waals surface area contributed by atoms with Crippen LogP contribution < -0.4 is 0 Å². The van der Waals surface area contributed by atoms with Crippen molar-refractivity contribution in [3.63, 3.8) is 0 Å². The van der Waals surface area contributed by atoms with E-state index in [9.17, 15) is 4.79 Å². The maximum Gasteiger partial charge on any atom is 0.136 e. The van der Waals surface area contributed by atoms with E-state index in [0.717, 1.165) is 30.1 Å². The summed E-state index contributed by atoms with van der Waals surface area (Å²) in [5.41, 5.74) is 1.02. The summed E-state index contributed by atoms with van der Waals surface area (Å²) in [5.74, 6) is 4.97. The second kappa shape index (κ2) is 4.84. The van der Waals surface area contributed by atoms with Gasteiger partial charge in [0.1, 0.15) is 5.78 Å². The molecule has 0 N–H and O–H groups in total. The van der Waals surface area contributed by atoms with Crippen molar-refractivity contribution in [2.75, 3.05) is 0 Å². The van der Waals surface area contributed by atoms with Crippen molar-refractivity contribution in [2.45, 2.75) is 79.1 Å². The van der Waals surface area contributed by atoms with E-state index in [2.05, 4.69) is 27.7 Å². The van der Waals surface area contributed by atoms with Gasteiger partial charge in [-0.1, -0.05) is 34.1 Å². The lowest BCUT2D eigenvalue weighted by atomic mass is 9.45. The predicted molar refractivity (Wildman–Crippen MR) is 90.4 cm³/mol. The fraction of sp³-hybridized carbons (Fsp3) is 0.952. The molecule has 0 spiro atoms. The number of ketones is 1. The van der Waals surface area contributed by atoms with Crippen LogP contribution in [0.4, 0.5) is 0 Å². The van der Waals surface area contributed by atoms with Gasteiger partial charge < -0.3 is 0 Å². The van der Waals surface area contributed by atoms with Crippen LogP contribution in [0.15, 0.2) is 0 Å². The molecule has 0 aromatic carbocycles. The van der Waals surface area contributed by atoms with Crippen molar-refractivity contribution in [3.05, 3.63) is 0 Å². The molecule has 0 heterocycles. The predicted octanol–water partition coefficient (Wildman–Crippen LogP) is 5.48. The first kappa shape index (κ1) is 15.2. The van der Waals surface area contributed by atoms with Gasteiger partial charge in [0.05, 0.1) is 0 Å². The molecule has 7 atom stereocenters. The number of hydrogen-bond donors (Lipinski definition) is 0. The lowest BCUT2D eigenvalue weighted by molar-refractivity contribution is -0.133. The summed E-state index contributed by atoms with van der Waals surface area (Å²) in [5, 5.41) is 0. The third-order valence-electron chi connectivity index (χ3n) is 8.81. The van der Waals surface area contributed by atoms with Crippen LogP contribution in [0, 0.1) is 46.3 Å². The highest BCUT2D eigenvalue weighted by atomic mass is 16.1. The molecule has 0 amide bonds. The van der Waals surface area contributed by atoms with Gasteiger partial charge in [0, 0.05) is 12.3 Å². The van der Waals surface area contributed by atoms with E-state index in [1.807, 2.05) is 0 Å². The Morgan fingerprint density at radius 1 is 1.05 bits per heavy atom. The molecule has 5 fully saturated rings. The number of carbonyl (C=O) groups excluding carboxylic acids is 1. The lowest BCUT2D eigenvalue weighted by Gasteiger charge is -2.60. The van der Waals surface area contributed by atoms with Crippen LogP contribution in [0.3, 0.4) is 0 Å². The zero-order valence-electron chi connectivity index (χ0n) is 15.0. The molecule has 22 heavy (non-hydrogen) atoms. The van der Waals surface area contributed by atoms with Crippen molar-refractivity contribution in [1.82, 2.24) is 0 Å². The van der Waals surface area contributed by atoms with Gasteiger partial charge in [0.15, 0.2) is 0 Å². The van der Waals surface area contributed by atoms with Gasteiger partial charge in [0.25, 0.3) is 0 Å². The normalized spacial score (nSPS) is 53.5. The zero-order chi connectivity index (χ0) is 15.7. The molecular formula is C21H34O. The van der Waals surface area contributed by atoms with Crippen LogP contribution in [0.2, 0.25) is 0 Å². The Labute approximate surface area is 136 Å². The monoisotopic (exact) mass is 302 g/mol. The molecule has 0 saturated heterocycles. The second-order valence-corrected chi connectivity index (χ2v) is 10.2. The molecule has 0 aliphatic heterocycles. The van der Waals surface area contributed by atoms with Crippen LogP contribution in [0.25, 0.3) is 0 Å². The standard InChI is InChI=1S/C21H34O/c1-13-10-16-15-6-7-19-20(2,3)8-5-9-21(19,4)17(15)11-14(13)12-18(16)22/h13-17,19H,5-12H2,1-4H3/t13?,14-,15?,16?,17+,19?,21-/m1/s1.